The number of rotatable bonds is 12. The van der Waals surface area contributed by atoms with Gasteiger partial charge in [0.1, 0.15) is 21.9 Å². The third-order valence-electron chi connectivity index (χ3n) is 7.45. The van der Waals surface area contributed by atoms with E-state index in [-0.39, 0.29) is 35.1 Å². The standard InChI is InChI=1S/C34H30N4O4S4/c35-26(39)17-25-20-46-34(36-25)45-19-24-18-44-32-28(37-27(40)16-21-10-4-1-5-11-21)31(41)38(32)29(24)33(43)42-30(22-12-6-2-7-13-22)23-14-8-3-9-15-23/h1-15,20,28,30,32H,16-19H2,(H2,35,39)(H,37,40)/t28-,32-/m1/s1. The van der Waals surface area contributed by atoms with E-state index in [9.17, 15) is 14.4 Å². The largest absolute Gasteiger partial charge is 0.469 e. The van der Waals surface area contributed by atoms with Gasteiger partial charge in [0.15, 0.2) is 0 Å². The van der Waals surface area contributed by atoms with Crippen LogP contribution in [-0.4, -0.2) is 55.6 Å². The number of nitrogens with two attached hydrogens (primary N) is 1. The van der Waals surface area contributed by atoms with Gasteiger partial charge in [-0.25, -0.2) is 4.98 Å². The van der Waals surface area contributed by atoms with Crippen LogP contribution in [-0.2, 0) is 32.0 Å². The van der Waals surface area contributed by atoms with Gasteiger partial charge in [-0.05, 0) is 34.5 Å². The van der Waals surface area contributed by atoms with Crippen LogP contribution in [0.3, 0.4) is 0 Å². The van der Waals surface area contributed by atoms with Crippen molar-refractivity contribution in [3.63, 3.8) is 0 Å². The molecule has 0 aliphatic carbocycles. The second kappa shape index (κ2) is 14.6. The number of β-lactam (4-membered cyclic amide) rings is 1. The summed E-state index contributed by atoms with van der Waals surface area (Å²) in [5, 5.41) is 4.68. The lowest BCUT2D eigenvalue weighted by atomic mass is 10.0. The fourth-order valence-corrected chi connectivity index (χ4v) is 8.97. The van der Waals surface area contributed by atoms with E-state index in [4.69, 9.17) is 22.7 Å². The lowest BCUT2D eigenvalue weighted by molar-refractivity contribution is -0.145. The molecule has 8 nitrogen and oxygen atoms in total. The van der Waals surface area contributed by atoms with Crippen LogP contribution >= 0.6 is 47.1 Å². The molecule has 2 aliphatic heterocycles. The van der Waals surface area contributed by atoms with Crippen molar-refractivity contribution in [1.82, 2.24) is 15.2 Å². The fourth-order valence-electron chi connectivity index (χ4n) is 5.30. The van der Waals surface area contributed by atoms with E-state index in [2.05, 4.69) is 10.3 Å². The van der Waals surface area contributed by atoms with Crippen LogP contribution < -0.4 is 11.1 Å². The van der Waals surface area contributed by atoms with Gasteiger partial charge >= 0.3 is 0 Å². The van der Waals surface area contributed by atoms with Gasteiger partial charge in [0.2, 0.25) is 16.9 Å². The molecular formula is C34H30N4O4S4. The van der Waals surface area contributed by atoms with Crippen molar-refractivity contribution in [3.8, 4) is 0 Å². The summed E-state index contributed by atoms with van der Waals surface area (Å²) in [7, 11) is 0. The monoisotopic (exact) mass is 686 g/mol. The van der Waals surface area contributed by atoms with Crippen molar-refractivity contribution in [3.05, 3.63) is 130 Å². The van der Waals surface area contributed by atoms with E-state index in [0.29, 0.717) is 22.9 Å². The summed E-state index contributed by atoms with van der Waals surface area (Å²) < 4.78 is 7.38. The number of primary amides is 1. The molecule has 0 spiro atoms. The average Bonchev–Trinajstić information content (AvgIpc) is 3.52. The number of thiazole rings is 1. The molecule has 12 heteroatoms. The first-order valence-corrected chi connectivity index (χ1v) is 17.9. The molecule has 46 heavy (non-hydrogen) atoms. The van der Waals surface area contributed by atoms with E-state index in [1.54, 1.807) is 16.7 Å². The first-order valence-electron chi connectivity index (χ1n) is 14.5. The smallest absolute Gasteiger partial charge is 0.253 e. The zero-order valence-electron chi connectivity index (χ0n) is 24.5. The molecule has 0 unspecified atom stereocenters. The Morgan fingerprint density at radius 2 is 1.63 bits per heavy atom. The Labute approximate surface area is 284 Å². The minimum absolute atomic E-state index is 0.0838. The van der Waals surface area contributed by atoms with Gasteiger partial charge in [-0.3, -0.25) is 19.3 Å². The maximum absolute atomic E-state index is 13.7. The second-order valence-corrected chi connectivity index (χ2v) is 14.3. The van der Waals surface area contributed by atoms with Crippen LogP contribution in [0.2, 0.25) is 0 Å². The van der Waals surface area contributed by atoms with E-state index in [1.807, 2.05) is 96.4 Å². The highest BCUT2D eigenvalue weighted by molar-refractivity contribution is 8.01. The molecule has 2 atom stereocenters. The Hall–Kier alpha value is -3.97. The molecule has 1 aromatic heterocycles. The van der Waals surface area contributed by atoms with Gasteiger partial charge in [-0.1, -0.05) is 103 Å². The molecule has 1 fully saturated rings. The number of fused-ring (bicyclic) bond motifs is 1. The zero-order valence-corrected chi connectivity index (χ0v) is 27.8. The number of carbonyl (C=O) groups excluding carboxylic acids is 3. The topological polar surface area (TPSA) is 115 Å². The first kappa shape index (κ1) is 32.0. The van der Waals surface area contributed by atoms with Crippen LogP contribution in [0, 0.1) is 0 Å². The molecule has 3 amide bonds. The SMILES string of the molecule is NC(=O)Cc1csc(SCC2=C(C(=S)OC(c3ccccc3)c3ccccc3)N3C(=O)[C@@H](NC(=O)Cc4ccccc4)[C@H]3SC2)n1. The number of hydrogen-bond acceptors (Lipinski definition) is 9. The highest BCUT2D eigenvalue weighted by atomic mass is 32.2. The molecule has 0 saturated carbocycles. The molecule has 234 valence electrons. The van der Waals surface area contributed by atoms with Gasteiger partial charge in [-0.2, -0.15) is 0 Å². The van der Waals surface area contributed by atoms with Gasteiger partial charge in [0, 0.05) is 16.9 Å². The van der Waals surface area contributed by atoms with E-state index in [0.717, 1.165) is 26.6 Å². The van der Waals surface area contributed by atoms with Crippen LogP contribution in [0.4, 0.5) is 0 Å². The number of hydrogen-bond donors (Lipinski definition) is 2. The number of thiocarbonyl (C=S) groups is 1. The molecule has 0 radical (unpaired) electrons. The quantitative estimate of drug-likeness (QED) is 0.117. The summed E-state index contributed by atoms with van der Waals surface area (Å²) in [5.41, 5.74) is 10.2. The van der Waals surface area contributed by atoms with Crippen molar-refractivity contribution in [2.24, 2.45) is 5.73 Å². The minimum atomic E-state index is -0.664. The summed E-state index contributed by atoms with van der Waals surface area (Å²) in [4.78, 5) is 44.2. The molecule has 0 bridgehead atoms. The third kappa shape index (κ3) is 7.36. The van der Waals surface area contributed by atoms with Crippen LogP contribution in [0.5, 0.6) is 0 Å². The van der Waals surface area contributed by atoms with Crippen LogP contribution in [0.25, 0.3) is 0 Å². The lowest BCUT2D eigenvalue weighted by Crippen LogP contribution is -2.70. The van der Waals surface area contributed by atoms with Crippen molar-refractivity contribution in [2.75, 3.05) is 11.5 Å². The number of ether oxygens (including phenoxy) is 1. The molecular weight excluding hydrogens is 657 g/mol. The van der Waals surface area contributed by atoms with Crippen molar-refractivity contribution in [2.45, 2.75) is 34.7 Å². The van der Waals surface area contributed by atoms with Crippen LogP contribution in [0.1, 0.15) is 28.5 Å². The molecule has 3 heterocycles. The normalized spacial score (nSPS) is 17.3. The van der Waals surface area contributed by atoms with Gasteiger partial charge in [0.05, 0.1) is 24.2 Å². The van der Waals surface area contributed by atoms with E-state index < -0.39 is 18.1 Å². The van der Waals surface area contributed by atoms with Crippen molar-refractivity contribution >= 4 is 69.9 Å². The van der Waals surface area contributed by atoms with E-state index in [1.165, 1.54) is 23.1 Å². The Kier molecular flexibility index (Phi) is 10.2. The highest BCUT2D eigenvalue weighted by Gasteiger charge is 2.53. The van der Waals surface area contributed by atoms with Gasteiger partial charge in [0.25, 0.3) is 5.91 Å². The van der Waals surface area contributed by atoms with Crippen molar-refractivity contribution in [1.29, 1.82) is 0 Å². The number of amides is 3. The number of nitrogens with zero attached hydrogens (tertiary/aromatic N) is 2. The second-order valence-electron chi connectivity index (χ2n) is 10.7. The number of carbonyl (C=O) groups is 3. The molecule has 4 aromatic rings. The van der Waals surface area contributed by atoms with Gasteiger partial charge in [-0.15, -0.1) is 23.1 Å². The predicted octanol–water partition coefficient (Wildman–Crippen LogP) is 5.29. The minimum Gasteiger partial charge on any atom is -0.469 e. The summed E-state index contributed by atoms with van der Waals surface area (Å²) in [6, 6.07) is 28.4. The Morgan fingerprint density at radius 1 is 1.00 bits per heavy atom. The summed E-state index contributed by atoms with van der Waals surface area (Å²) in [5.74, 6) is 0.234. The first-order chi connectivity index (χ1) is 22.4. The Bertz CT molecular complexity index is 1730. The Balaban J connectivity index is 1.26. The fraction of sp³-hybridized carbons (Fsp3) is 0.206. The highest BCUT2D eigenvalue weighted by Crippen LogP contribution is 2.43. The predicted molar refractivity (Wildman–Crippen MR) is 186 cm³/mol. The lowest BCUT2D eigenvalue weighted by Gasteiger charge is -2.50. The maximum atomic E-state index is 13.7. The summed E-state index contributed by atoms with van der Waals surface area (Å²) >= 11 is 10.5. The average molecular weight is 687 g/mol. The maximum Gasteiger partial charge on any atom is 0.253 e. The number of aromatic nitrogens is 1. The van der Waals surface area contributed by atoms with E-state index >= 15 is 0 Å². The summed E-state index contributed by atoms with van der Waals surface area (Å²) in [6.45, 7) is 0. The van der Waals surface area contributed by atoms with Gasteiger partial charge < -0.3 is 15.8 Å². The molecule has 3 N–H and O–H groups in total. The number of nitrogens with one attached hydrogen (secondary N) is 1. The Morgan fingerprint density at radius 3 is 2.26 bits per heavy atom. The van der Waals surface area contributed by atoms with Crippen LogP contribution in [0.15, 0.2) is 112 Å². The third-order valence-corrected chi connectivity index (χ3v) is 11.2. The summed E-state index contributed by atoms with van der Waals surface area (Å²) in [6.07, 6.45) is -0.215. The number of thioether (sulfide) groups is 2. The zero-order chi connectivity index (χ0) is 32.0. The molecule has 6 rings (SSSR count). The van der Waals surface area contributed by atoms with Crippen molar-refractivity contribution < 1.29 is 19.1 Å². The molecule has 3 aromatic carbocycles. The molecule has 2 aliphatic rings. The molecule has 1 saturated heterocycles. The number of benzene rings is 3.